The van der Waals surface area contributed by atoms with Gasteiger partial charge in [0.2, 0.25) is 5.91 Å². The number of H-pyrrole nitrogens is 1. The average molecular weight is 378 g/mol. The van der Waals surface area contributed by atoms with Crippen molar-refractivity contribution < 1.29 is 9.90 Å². The zero-order chi connectivity index (χ0) is 19.3. The van der Waals surface area contributed by atoms with E-state index in [1.807, 2.05) is 18.2 Å². The molecule has 1 amide bonds. The molecule has 6 heteroatoms. The molecule has 3 N–H and O–H groups in total. The van der Waals surface area contributed by atoms with Crippen LogP contribution in [-0.4, -0.2) is 51.6 Å². The van der Waals surface area contributed by atoms with Crippen molar-refractivity contribution in [2.45, 2.75) is 31.9 Å². The molecular formula is C22H26N4O2. The van der Waals surface area contributed by atoms with Gasteiger partial charge in [0.05, 0.1) is 17.1 Å². The van der Waals surface area contributed by atoms with Crippen LogP contribution in [0.15, 0.2) is 48.7 Å². The van der Waals surface area contributed by atoms with E-state index in [9.17, 15) is 9.90 Å². The Morgan fingerprint density at radius 3 is 2.96 bits per heavy atom. The number of aromatic nitrogens is 2. The molecule has 0 radical (unpaired) electrons. The van der Waals surface area contributed by atoms with Crippen LogP contribution in [0.4, 0.5) is 0 Å². The van der Waals surface area contributed by atoms with Crippen LogP contribution in [0.3, 0.4) is 0 Å². The van der Waals surface area contributed by atoms with Gasteiger partial charge in [-0.05, 0) is 42.2 Å². The fraction of sp³-hybridized carbons (Fsp3) is 0.364. The smallest absolute Gasteiger partial charge is 0.220 e. The van der Waals surface area contributed by atoms with Crippen molar-refractivity contribution in [2.24, 2.45) is 0 Å². The molecule has 0 saturated carbocycles. The van der Waals surface area contributed by atoms with Crippen molar-refractivity contribution in [1.82, 2.24) is 20.2 Å². The number of carbonyl (C=O) groups is 1. The summed E-state index contributed by atoms with van der Waals surface area (Å²) in [6.45, 7) is 2.65. The highest BCUT2D eigenvalue weighted by Crippen LogP contribution is 2.18. The van der Waals surface area contributed by atoms with E-state index < -0.39 is 6.10 Å². The number of aliphatic hydroxyl groups is 1. The zero-order valence-electron chi connectivity index (χ0n) is 15.9. The van der Waals surface area contributed by atoms with Crippen LogP contribution >= 0.6 is 0 Å². The summed E-state index contributed by atoms with van der Waals surface area (Å²) in [6, 6.07) is 14.3. The van der Waals surface area contributed by atoms with Crippen LogP contribution in [0.25, 0.3) is 11.0 Å². The Hall–Kier alpha value is -2.70. The Labute approximate surface area is 164 Å². The van der Waals surface area contributed by atoms with E-state index in [0.717, 1.165) is 36.2 Å². The van der Waals surface area contributed by atoms with E-state index in [2.05, 4.69) is 44.5 Å². The summed E-state index contributed by atoms with van der Waals surface area (Å²) in [6.07, 6.45) is 3.22. The molecule has 0 saturated heterocycles. The molecule has 1 aliphatic heterocycles. The number of aliphatic hydroxyl groups excluding tert-OH is 1. The van der Waals surface area contributed by atoms with Gasteiger partial charge in [0, 0.05) is 44.5 Å². The number of fused-ring (bicyclic) bond motifs is 2. The fourth-order valence-electron chi connectivity index (χ4n) is 3.79. The lowest BCUT2D eigenvalue weighted by Crippen LogP contribution is -2.42. The maximum atomic E-state index is 12.1. The van der Waals surface area contributed by atoms with Crippen molar-refractivity contribution in [3.8, 4) is 0 Å². The summed E-state index contributed by atoms with van der Waals surface area (Å²) in [4.78, 5) is 21.9. The first-order valence-electron chi connectivity index (χ1n) is 9.84. The van der Waals surface area contributed by atoms with Crippen molar-refractivity contribution >= 4 is 16.9 Å². The quantitative estimate of drug-likeness (QED) is 0.588. The molecule has 0 unspecified atom stereocenters. The number of hydrogen-bond acceptors (Lipinski definition) is 4. The van der Waals surface area contributed by atoms with Crippen LogP contribution in [0.5, 0.6) is 0 Å². The molecular weight excluding hydrogens is 352 g/mol. The number of hydrogen-bond donors (Lipinski definition) is 3. The molecule has 6 nitrogen and oxygen atoms in total. The summed E-state index contributed by atoms with van der Waals surface area (Å²) in [7, 11) is 0. The molecule has 1 aliphatic rings. The number of pyridine rings is 1. The summed E-state index contributed by atoms with van der Waals surface area (Å²) in [5.74, 6) is -0.0466. The normalized spacial score (nSPS) is 15.3. The van der Waals surface area contributed by atoms with Crippen LogP contribution in [-0.2, 0) is 24.2 Å². The summed E-state index contributed by atoms with van der Waals surface area (Å²) < 4.78 is 0. The molecule has 3 heterocycles. The predicted octanol–water partition coefficient (Wildman–Crippen LogP) is 2.03. The maximum Gasteiger partial charge on any atom is 0.220 e. The third-order valence-electron chi connectivity index (χ3n) is 5.28. The number of aryl methyl sites for hydroxylation is 1. The van der Waals surface area contributed by atoms with E-state index >= 15 is 0 Å². The van der Waals surface area contributed by atoms with Crippen LogP contribution in [0, 0.1) is 0 Å². The lowest BCUT2D eigenvalue weighted by Gasteiger charge is -2.30. The fourth-order valence-corrected chi connectivity index (χ4v) is 3.79. The monoisotopic (exact) mass is 378 g/mol. The van der Waals surface area contributed by atoms with Gasteiger partial charge in [0.25, 0.3) is 0 Å². The molecule has 1 atom stereocenters. The second-order valence-electron chi connectivity index (χ2n) is 7.44. The van der Waals surface area contributed by atoms with Gasteiger partial charge in [-0.1, -0.05) is 24.3 Å². The number of rotatable bonds is 7. The van der Waals surface area contributed by atoms with Crippen LogP contribution < -0.4 is 5.32 Å². The Kier molecular flexibility index (Phi) is 5.69. The molecule has 2 aromatic heterocycles. The highest BCUT2D eigenvalue weighted by atomic mass is 16.3. The lowest BCUT2D eigenvalue weighted by molar-refractivity contribution is -0.121. The van der Waals surface area contributed by atoms with Gasteiger partial charge in [-0.2, -0.15) is 0 Å². The number of nitrogens with zero attached hydrogens (tertiary/aromatic N) is 2. The van der Waals surface area contributed by atoms with Crippen molar-refractivity contribution in [3.63, 3.8) is 0 Å². The molecule has 0 fully saturated rings. The lowest BCUT2D eigenvalue weighted by atomic mass is 10.00. The predicted molar refractivity (Wildman–Crippen MR) is 109 cm³/mol. The van der Waals surface area contributed by atoms with Gasteiger partial charge in [-0.3, -0.25) is 14.7 Å². The van der Waals surface area contributed by atoms with Gasteiger partial charge in [-0.15, -0.1) is 0 Å². The average Bonchev–Trinajstić information content (AvgIpc) is 3.14. The number of carbonyl (C=O) groups excluding carboxylic acids is 1. The van der Waals surface area contributed by atoms with Crippen LogP contribution in [0.1, 0.15) is 23.2 Å². The molecule has 0 spiro atoms. The molecule has 28 heavy (non-hydrogen) atoms. The first-order chi connectivity index (χ1) is 13.7. The van der Waals surface area contributed by atoms with Crippen molar-refractivity contribution in [3.05, 3.63) is 65.5 Å². The number of amides is 1. The second-order valence-corrected chi connectivity index (χ2v) is 7.44. The van der Waals surface area contributed by atoms with E-state index in [0.29, 0.717) is 19.4 Å². The molecule has 1 aromatic carbocycles. The van der Waals surface area contributed by atoms with Crippen LogP contribution in [0.2, 0.25) is 0 Å². The van der Waals surface area contributed by atoms with Gasteiger partial charge in [0.15, 0.2) is 0 Å². The number of aromatic amines is 1. The first-order valence-corrected chi connectivity index (χ1v) is 9.84. The highest BCUT2D eigenvalue weighted by molar-refractivity contribution is 5.78. The number of β-amino-alcohol motifs (C(OH)–C–C–N with tert-alkyl or cyclic N) is 1. The topological polar surface area (TPSA) is 81.2 Å². The van der Waals surface area contributed by atoms with Crippen molar-refractivity contribution in [1.29, 1.82) is 0 Å². The van der Waals surface area contributed by atoms with Crippen molar-refractivity contribution in [2.75, 3.05) is 19.6 Å². The van der Waals surface area contributed by atoms with E-state index in [4.69, 9.17) is 0 Å². The third-order valence-corrected chi connectivity index (χ3v) is 5.28. The Bertz CT molecular complexity index is 919. The van der Waals surface area contributed by atoms with E-state index in [1.54, 1.807) is 6.20 Å². The molecule has 3 aromatic rings. The maximum absolute atomic E-state index is 12.1. The minimum Gasteiger partial charge on any atom is -0.390 e. The number of nitrogens with one attached hydrogen (secondary N) is 2. The first kappa shape index (κ1) is 18.7. The highest BCUT2D eigenvalue weighted by Gasteiger charge is 2.18. The summed E-state index contributed by atoms with van der Waals surface area (Å²) in [5, 5.41) is 13.2. The SMILES string of the molecule is O=C(CCc1cc2ncccc2[nH]1)NC[C@H](O)CN1CCc2ccccc2C1. The second kappa shape index (κ2) is 8.54. The Balaban J connectivity index is 1.19. The summed E-state index contributed by atoms with van der Waals surface area (Å²) in [5.41, 5.74) is 5.62. The molecule has 4 rings (SSSR count). The largest absolute Gasteiger partial charge is 0.390 e. The molecule has 146 valence electrons. The van der Waals surface area contributed by atoms with E-state index in [1.165, 1.54) is 11.1 Å². The van der Waals surface area contributed by atoms with Gasteiger partial charge in [0.1, 0.15) is 0 Å². The molecule has 0 aliphatic carbocycles. The summed E-state index contributed by atoms with van der Waals surface area (Å²) >= 11 is 0. The number of benzene rings is 1. The van der Waals surface area contributed by atoms with Gasteiger partial charge < -0.3 is 15.4 Å². The minimum atomic E-state index is -0.563. The third kappa shape index (κ3) is 4.58. The van der Waals surface area contributed by atoms with Gasteiger partial charge >= 0.3 is 0 Å². The Morgan fingerprint density at radius 1 is 1.25 bits per heavy atom. The zero-order valence-corrected chi connectivity index (χ0v) is 15.9. The molecule has 0 bridgehead atoms. The standard InChI is InChI=1S/C22H26N4O2/c27-19(15-26-11-9-16-4-1-2-5-17(16)14-26)13-24-22(28)8-7-18-12-21-20(25-18)6-3-10-23-21/h1-6,10,12,19,25,27H,7-9,11,13-15H2,(H,24,28)/t19-/m0/s1. The van der Waals surface area contributed by atoms with E-state index in [-0.39, 0.29) is 12.5 Å². The van der Waals surface area contributed by atoms with Gasteiger partial charge in [-0.25, -0.2) is 0 Å². The minimum absolute atomic E-state index is 0.0466. The Morgan fingerprint density at radius 2 is 2.11 bits per heavy atom.